The van der Waals surface area contributed by atoms with Crippen LogP contribution in [0.3, 0.4) is 0 Å². The van der Waals surface area contributed by atoms with Gasteiger partial charge < -0.3 is 9.47 Å². The number of Topliss-reactive ketones (excluding diaryl/α,β-unsaturated/α-hetero) is 1. The molecule has 0 unspecified atom stereocenters. The fraction of sp³-hybridized carbons (Fsp3) is 0.174. The predicted octanol–water partition coefficient (Wildman–Crippen LogP) is 5.05. The van der Waals surface area contributed by atoms with E-state index in [1.165, 1.54) is 11.8 Å². The van der Waals surface area contributed by atoms with Gasteiger partial charge in [0, 0.05) is 5.56 Å². The summed E-state index contributed by atoms with van der Waals surface area (Å²) < 4.78 is 12.6. The Bertz CT molecular complexity index is 1160. The van der Waals surface area contributed by atoms with Gasteiger partial charge in [0.05, 0.1) is 31.4 Å². The van der Waals surface area contributed by atoms with E-state index >= 15 is 0 Å². The van der Waals surface area contributed by atoms with Gasteiger partial charge in [-0.15, -0.1) is 21.5 Å². The number of rotatable bonds is 9. The number of hydrogen-bond donors (Lipinski definition) is 0. The fourth-order valence-corrected chi connectivity index (χ4v) is 4.66. The van der Waals surface area contributed by atoms with Crippen molar-refractivity contribution < 1.29 is 14.3 Å². The molecule has 158 valence electrons. The van der Waals surface area contributed by atoms with E-state index in [1.54, 1.807) is 43.8 Å². The second-order valence-electron chi connectivity index (χ2n) is 6.64. The van der Waals surface area contributed by atoms with Gasteiger partial charge in [0.2, 0.25) is 0 Å². The molecule has 0 radical (unpaired) electrons. The van der Waals surface area contributed by atoms with Crippen LogP contribution in [0.2, 0.25) is 0 Å². The van der Waals surface area contributed by atoms with Crippen LogP contribution in [0.15, 0.2) is 71.2 Å². The van der Waals surface area contributed by atoms with Gasteiger partial charge in [-0.2, -0.15) is 0 Å². The maximum atomic E-state index is 12.8. The van der Waals surface area contributed by atoms with Crippen molar-refractivity contribution in [3.05, 3.63) is 77.2 Å². The van der Waals surface area contributed by atoms with Crippen molar-refractivity contribution in [1.29, 1.82) is 0 Å². The first-order chi connectivity index (χ1) is 15.2. The summed E-state index contributed by atoms with van der Waals surface area (Å²) in [7, 11) is 3.12. The molecule has 0 N–H and O–H groups in total. The summed E-state index contributed by atoms with van der Waals surface area (Å²) in [6.07, 6.45) is 0. The van der Waals surface area contributed by atoms with E-state index in [0.29, 0.717) is 28.8 Å². The van der Waals surface area contributed by atoms with E-state index in [1.807, 2.05) is 35.7 Å². The molecule has 0 aliphatic heterocycles. The number of benzene rings is 2. The predicted molar refractivity (Wildman–Crippen MR) is 123 cm³/mol. The molecule has 0 saturated heterocycles. The largest absolute Gasteiger partial charge is 0.493 e. The van der Waals surface area contributed by atoms with Gasteiger partial charge in [-0.05, 0) is 35.2 Å². The van der Waals surface area contributed by atoms with E-state index in [4.69, 9.17) is 9.47 Å². The zero-order valence-corrected chi connectivity index (χ0v) is 18.8. The van der Waals surface area contributed by atoms with E-state index < -0.39 is 0 Å². The number of nitrogens with zero attached hydrogens (tertiary/aromatic N) is 3. The Morgan fingerprint density at radius 3 is 2.52 bits per heavy atom. The third kappa shape index (κ3) is 4.81. The van der Waals surface area contributed by atoms with Crippen LogP contribution >= 0.6 is 23.1 Å². The highest BCUT2D eigenvalue weighted by atomic mass is 32.2. The first-order valence-corrected chi connectivity index (χ1v) is 11.4. The highest BCUT2D eigenvalue weighted by molar-refractivity contribution is 7.99. The first kappa shape index (κ1) is 21.1. The second-order valence-corrected chi connectivity index (χ2v) is 8.53. The quantitative estimate of drug-likeness (QED) is 0.262. The van der Waals surface area contributed by atoms with E-state index in [9.17, 15) is 4.79 Å². The van der Waals surface area contributed by atoms with Gasteiger partial charge in [-0.1, -0.05) is 48.2 Å². The molecule has 2 aromatic heterocycles. The number of hydrogen-bond acceptors (Lipinski definition) is 7. The molecule has 2 aromatic carbocycles. The van der Waals surface area contributed by atoms with Crippen LogP contribution in [0.25, 0.3) is 10.7 Å². The lowest BCUT2D eigenvalue weighted by molar-refractivity contribution is 0.102. The molecule has 6 nitrogen and oxygen atoms in total. The molecule has 0 aliphatic rings. The lowest BCUT2D eigenvalue weighted by Crippen LogP contribution is -2.07. The highest BCUT2D eigenvalue weighted by Crippen LogP contribution is 2.30. The normalized spacial score (nSPS) is 10.8. The summed E-state index contributed by atoms with van der Waals surface area (Å²) in [6, 6.07) is 19.4. The zero-order chi connectivity index (χ0) is 21.6. The van der Waals surface area contributed by atoms with Crippen molar-refractivity contribution in [2.45, 2.75) is 11.7 Å². The monoisotopic (exact) mass is 451 g/mol. The average Bonchev–Trinajstić information content (AvgIpc) is 3.47. The number of aromatic nitrogens is 3. The summed E-state index contributed by atoms with van der Waals surface area (Å²) in [5, 5.41) is 11.5. The minimum Gasteiger partial charge on any atom is -0.493 e. The van der Waals surface area contributed by atoms with Gasteiger partial charge >= 0.3 is 0 Å². The summed E-state index contributed by atoms with van der Waals surface area (Å²) in [4.78, 5) is 13.9. The lowest BCUT2D eigenvalue weighted by atomic mass is 10.1. The Morgan fingerprint density at radius 2 is 1.81 bits per heavy atom. The number of methoxy groups -OCH3 is 2. The molecule has 0 bridgehead atoms. The van der Waals surface area contributed by atoms with Crippen LogP contribution in [0.1, 0.15) is 15.9 Å². The maximum absolute atomic E-state index is 12.8. The molecule has 8 heteroatoms. The standard InChI is InChI=1S/C23H21N3O3S2/c1-28-19-11-10-17(13-20(19)29-2)18(27)15-31-23-25-24-22(21-9-6-12-30-21)26(23)14-16-7-4-3-5-8-16/h3-13H,14-15H2,1-2H3. The van der Waals surface area contributed by atoms with Gasteiger partial charge in [0.15, 0.2) is 28.3 Å². The van der Waals surface area contributed by atoms with Crippen molar-refractivity contribution in [2.75, 3.05) is 20.0 Å². The van der Waals surface area contributed by atoms with Crippen LogP contribution in [-0.4, -0.2) is 40.5 Å². The molecular formula is C23H21N3O3S2. The van der Waals surface area contributed by atoms with Crippen molar-refractivity contribution in [3.63, 3.8) is 0 Å². The number of carbonyl (C=O) groups is 1. The van der Waals surface area contributed by atoms with E-state index in [2.05, 4.69) is 26.9 Å². The highest BCUT2D eigenvalue weighted by Gasteiger charge is 2.18. The second kappa shape index (κ2) is 9.80. The van der Waals surface area contributed by atoms with Gasteiger partial charge in [-0.25, -0.2) is 0 Å². The molecule has 0 atom stereocenters. The Labute approximate surface area is 188 Å². The number of ether oxygens (including phenoxy) is 2. The topological polar surface area (TPSA) is 66.2 Å². The van der Waals surface area contributed by atoms with Crippen molar-refractivity contribution >= 4 is 28.9 Å². The van der Waals surface area contributed by atoms with Crippen LogP contribution in [0, 0.1) is 0 Å². The fourth-order valence-electron chi connectivity index (χ4n) is 3.12. The molecule has 0 amide bonds. The lowest BCUT2D eigenvalue weighted by Gasteiger charge is -2.10. The Kier molecular flexibility index (Phi) is 6.69. The number of ketones is 1. The van der Waals surface area contributed by atoms with Gasteiger partial charge in [0.25, 0.3) is 0 Å². The zero-order valence-electron chi connectivity index (χ0n) is 17.1. The minimum atomic E-state index is -0.0158. The van der Waals surface area contributed by atoms with Crippen LogP contribution < -0.4 is 9.47 Å². The molecule has 0 saturated carbocycles. The van der Waals surface area contributed by atoms with Crippen LogP contribution in [0.4, 0.5) is 0 Å². The Balaban J connectivity index is 1.56. The molecule has 0 spiro atoms. The maximum Gasteiger partial charge on any atom is 0.192 e. The van der Waals surface area contributed by atoms with Crippen LogP contribution in [0.5, 0.6) is 11.5 Å². The molecule has 4 rings (SSSR count). The summed E-state index contributed by atoms with van der Waals surface area (Å²) >= 11 is 3.00. The smallest absolute Gasteiger partial charge is 0.192 e. The molecule has 31 heavy (non-hydrogen) atoms. The Hall–Kier alpha value is -3.10. The van der Waals surface area contributed by atoms with Gasteiger partial charge in [0.1, 0.15) is 0 Å². The number of thioether (sulfide) groups is 1. The molecule has 2 heterocycles. The van der Waals surface area contributed by atoms with Crippen molar-refractivity contribution in [1.82, 2.24) is 14.8 Å². The van der Waals surface area contributed by atoms with Crippen molar-refractivity contribution in [3.8, 4) is 22.2 Å². The van der Waals surface area contributed by atoms with Crippen molar-refractivity contribution in [2.24, 2.45) is 0 Å². The number of thiophene rings is 1. The van der Waals surface area contributed by atoms with Gasteiger partial charge in [-0.3, -0.25) is 9.36 Å². The third-order valence-corrected chi connectivity index (χ3v) is 6.51. The van der Waals surface area contributed by atoms with E-state index in [0.717, 1.165) is 16.3 Å². The summed E-state index contributed by atoms with van der Waals surface area (Å²) in [6.45, 7) is 0.633. The first-order valence-electron chi connectivity index (χ1n) is 9.58. The molecule has 0 aliphatic carbocycles. The SMILES string of the molecule is COc1ccc(C(=O)CSc2nnc(-c3cccs3)n2Cc2ccccc2)cc1OC. The summed E-state index contributed by atoms with van der Waals surface area (Å²) in [5.74, 6) is 2.16. The Morgan fingerprint density at radius 1 is 1.00 bits per heavy atom. The van der Waals surface area contributed by atoms with Crippen LogP contribution in [-0.2, 0) is 6.54 Å². The molecular weight excluding hydrogens is 430 g/mol. The average molecular weight is 452 g/mol. The molecule has 4 aromatic rings. The summed E-state index contributed by atoms with van der Waals surface area (Å²) in [5.41, 5.74) is 1.71. The minimum absolute atomic E-state index is 0.0158. The van der Waals surface area contributed by atoms with E-state index in [-0.39, 0.29) is 11.5 Å². The number of carbonyl (C=O) groups excluding carboxylic acids is 1. The third-order valence-electron chi connectivity index (χ3n) is 4.68. The molecule has 0 fully saturated rings.